The van der Waals surface area contributed by atoms with Gasteiger partial charge in [-0.1, -0.05) is 6.07 Å². The molecule has 0 fully saturated rings. The van der Waals surface area contributed by atoms with Crippen molar-refractivity contribution in [3.63, 3.8) is 0 Å². The number of amides is 1. The molecule has 1 aromatic carbocycles. The molecule has 1 rings (SSSR count). The summed E-state index contributed by atoms with van der Waals surface area (Å²) < 4.78 is 0. The van der Waals surface area contributed by atoms with Crippen LogP contribution < -0.4 is 5.32 Å². The second-order valence-electron chi connectivity index (χ2n) is 4.99. The molecule has 0 aliphatic carbocycles. The standard InChI is InChI=1S/C13H16N2O8/c1-13(12(19)20,14-11(18)4-5-23-15(21)22)7-8-2-3-9(16)10(17)6-8/h2-3,6,16-17H,4-5,7H2,1H3,(H,14,18)(H,19,20). The summed E-state index contributed by atoms with van der Waals surface area (Å²) in [5, 5.41) is 39.2. The lowest BCUT2D eigenvalue weighted by molar-refractivity contribution is -0.757. The normalized spacial score (nSPS) is 12.9. The SMILES string of the molecule is CC(Cc1ccc(O)c(O)c1)(NC(=O)CCO[N+](=O)[O-])C(=O)O. The molecule has 126 valence electrons. The maximum Gasteiger partial charge on any atom is 0.329 e. The third-order valence-corrected chi connectivity index (χ3v) is 3.01. The van der Waals surface area contributed by atoms with Gasteiger partial charge >= 0.3 is 5.97 Å². The highest BCUT2D eigenvalue weighted by Gasteiger charge is 2.35. The van der Waals surface area contributed by atoms with Gasteiger partial charge in [-0.2, -0.15) is 0 Å². The van der Waals surface area contributed by atoms with Crippen molar-refractivity contribution in [3.8, 4) is 11.5 Å². The van der Waals surface area contributed by atoms with Crippen molar-refractivity contribution in [2.24, 2.45) is 0 Å². The van der Waals surface area contributed by atoms with E-state index in [-0.39, 0.29) is 18.6 Å². The lowest BCUT2D eigenvalue weighted by atomic mass is 9.92. The first-order valence-corrected chi connectivity index (χ1v) is 6.46. The van der Waals surface area contributed by atoms with Crippen molar-refractivity contribution in [2.75, 3.05) is 6.61 Å². The van der Waals surface area contributed by atoms with E-state index in [0.29, 0.717) is 5.56 Å². The van der Waals surface area contributed by atoms with Gasteiger partial charge < -0.3 is 25.5 Å². The average molecular weight is 328 g/mol. The Morgan fingerprint density at radius 2 is 2.00 bits per heavy atom. The summed E-state index contributed by atoms with van der Waals surface area (Å²) in [4.78, 5) is 37.1. The van der Waals surface area contributed by atoms with Gasteiger partial charge in [0.1, 0.15) is 12.1 Å². The van der Waals surface area contributed by atoms with E-state index in [1.165, 1.54) is 25.1 Å². The molecule has 10 heteroatoms. The monoisotopic (exact) mass is 328 g/mol. The molecule has 10 nitrogen and oxygen atoms in total. The molecule has 0 saturated carbocycles. The van der Waals surface area contributed by atoms with Crippen LogP contribution in [0, 0.1) is 10.1 Å². The molecule has 1 amide bonds. The van der Waals surface area contributed by atoms with Crippen molar-refractivity contribution in [1.82, 2.24) is 5.32 Å². The van der Waals surface area contributed by atoms with Crippen molar-refractivity contribution < 1.29 is 34.8 Å². The highest BCUT2D eigenvalue weighted by molar-refractivity contribution is 5.87. The summed E-state index contributed by atoms with van der Waals surface area (Å²) >= 11 is 0. The molecule has 1 aromatic rings. The molecule has 0 aliphatic rings. The average Bonchev–Trinajstić information content (AvgIpc) is 2.42. The molecule has 1 unspecified atom stereocenters. The second kappa shape index (κ2) is 7.29. The summed E-state index contributed by atoms with van der Waals surface area (Å²) in [7, 11) is 0. The predicted octanol–water partition coefficient (Wildman–Crippen LogP) is 0.198. The Labute approximate surface area is 130 Å². The van der Waals surface area contributed by atoms with Gasteiger partial charge in [0.25, 0.3) is 5.09 Å². The lowest BCUT2D eigenvalue weighted by Crippen LogP contribution is -2.54. The number of rotatable bonds is 8. The van der Waals surface area contributed by atoms with Crippen LogP contribution in [0.4, 0.5) is 0 Å². The molecule has 0 aliphatic heterocycles. The Kier molecular flexibility index (Phi) is 5.71. The fraction of sp³-hybridized carbons (Fsp3) is 0.385. The van der Waals surface area contributed by atoms with Crippen molar-refractivity contribution in [3.05, 3.63) is 33.9 Å². The number of carboxylic acids is 1. The van der Waals surface area contributed by atoms with Crippen LogP contribution in [0.15, 0.2) is 18.2 Å². The van der Waals surface area contributed by atoms with Gasteiger partial charge in [-0.3, -0.25) is 4.79 Å². The van der Waals surface area contributed by atoms with E-state index in [4.69, 9.17) is 0 Å². The van der Waals surface area contributed by atoms with E-state index in [0.717, 1.165) is 0 Å². The van der Waals surface area contributed by atoms with E-state index in [2.05, 4.69) is 10.2 Å². The minimum absolute atomic E-state index is 0.169. The molecule has 0 radical (unpaired) electrons. The number of carbonyl (C=O) groups is 2. The van der Waals surface area contributed by atoms with Crippen LogP contribution >= 0.6 is 0 Å². The Morgan fingerprint density at radius 3 is 2.52 bits per heavy atom. The van der Waals surface area contributed by atoms with E-state index in [1.807, 2.05) is 0 Å². The zero-order valence-corrected chi connectivity index (χ0v) is 12.2. The highest BCUT2D eigenvalue weighted by Crippen LogP contribution is 2.26. The number of phenols is 2. The molecule has 1 atom stereocenters. The molecule has 4 N–H and O–H groups in total. The number of carbonyl (C=O) groups excluding carboxylic acids is 1. The fourth-order valence-corrected chi connectivity index (χ4v) is 1.84. The summed E-state index contributed by atoms with van der Waals surface area (Å²) in [6, 6.07) is 3.77. The number of aliphatic carboxylic acids is 1. The molecular weight excluding hydrogens is 312 g/mol. The minimum atomic E-state index is -1.70. The third kappa shape index (κ3) is 5.34. The fourth-order valence-electron chi connectivity index (χ4n) is 1.84. The Bertz CT molecular complexity index is 618. The van der Waals surface area contributed by atoms with E-state index in [1.54, 1.807) is 0 Å². The topological polar surface area (TPSA) is 159 Å². The number of carboxylic acid groups (broad SMARTS) is 1. The first-order valence-electron chi connectivity index (χ1n) is 6.46. The summed E-state index contributed by atoms with van der Waals surface area (Å²) in [5.74, 6) is -2.83. The third-order valence-electron chi connectivity index (χ3n) is 3.01. The zero-order chi connectivity index (χ0) is 17.6. The van der Waals surface area contributed by atoms with Gasteiger partial charge in [0.2, 0.25) is 5.91 Å². The minimum Gasteiger partial charge on any atom is -0.504 e. The van der Waals surface area contributed by atoms with Crippen molar-refractivity contribution in [1.29, 1.82) is 0 Å². The number of phenolic OH excluding ortho intramolecular Hbond substituents is 2. The summed E-state index contributed by atoms with van der Waals surface area (Å²) in [6.07, 6.45) is -0.553. The maximum atomic E-state index is 11.7. The summed E-state index contributed by atoms with van der Waals surface area (Å²) in [5.41, 5.74) is -1.33. The van der Waals surface area contributed by atoms with E-state index in [9.17, 15) is 35.0 Å². The zero-order valence-electron chi connectivity index (χ0n) is 12.2. The molecule has 0 saturated heterocycles. The number of nitrogens with one attached hydrogen (secondary N) is 1. The van der Waals surface area contributed by atoms with E-state index < -0.39 is 34.9 Å². The number of hydrogen-bond donors (Lipinski definition) is 4. The highest BCUT2D eigenvalue weighted by atomic mass is 16.9. The van der Waals surface area contributed by atoms with Gasteiger partial charge in [0.15, 0.2) is 11.5 Å². The predicted molar refractivity (Wildman–Crippen MR) is 75.2 cm³/mol. The van der Waals surface area contributed by atoms with Gasteiger partial charge in [0, 0.05) is 6.42 Å². The Balaban J connectivity index is 2.78. The molecule has 23 heavy (non-hydrogen) atoms. The lowest BCUT2D eigenvalue weighted by Gasteiger charge is -2.26. The molecule has 0 heterocycles. The van der Waals surface area contributed by atoms with Gasteiger partial charge in [-0.25, -0.2) is 4.79 Å². The van der Waals surface area contributed by atoms with Crippen LogP contribution in [0.5, 0.6) is 11.5 Å². The number of hydrogen-bond acceptors (Lipinski definition) is 7. The number of aromatic hydroxyl groups is 2. The van der Waals surface area contributed by atoms with Crippen LogP contribution in [0.1, 0.15) is 18.9 Å². The van der Waals surface area contributed by atoms with Gasteiger partial charge in [-0.15, -0.1) is 10.1 Å². The van der Waals surface area contributed by atoms with Crippen LogP contribution in [-0.4, -0.2) is 44.4 Å². The number of benzene rings is 1. The molecule has 0 spiro atoms. The first kappa shape index (κ1) is 18.0. The van der Waals surface area contributed by atoms with Crippen LogP contribution in [-0.2, 0) is 20.8 Å². The van der Waals surface area contributed by atoms with E-state index >= 15 is 0 Å². The Morgan fingerprint density at radius 1 is 1.35 bits per heavy atom. The van der Waals surface area contributed by atoms with Crippen LogP contribution in [0.2, 0.25) is 0 Å². The molecular formula is C13H16N2O8. The largest absolute Gasteiger partial charge is 0.504 e. The maximum absolute atomic E-state index is 11.7. The quantitative estimate of drug-likeness (QED) is 0.299. The van der Waals surface area contributed by atoms with Gasteiger partial charge in [0.05, 0.1) is 6.42 Å². The number of nitrogens with zero attached hydrogens (tertiary/aromatic N) is 1. The summed E-state index contributed by atoms with van der Waals surface area (Å²) in [6.45, 7) is 0.764. The van der Waals surface area contributed by atoms with Crippen LogP contribution in [0.3, 0.4) is 0 Å². The van der Waals surface area contributed by atoms with Crippen molar-refractivity contribution in [2.45, 2.75) is 25.3 Å². The van der Waals surface area contributed by atoms with Crippen LogP contribution in [0.25, 0.3) is 0 Å². The molecule has 0 bridgehead atoms. The second-order valence-corrected chi connectivity index (χ2v) is 4.99. The van der Waals surface area contributed by atoms with Gasteiger partial charge in [-0.05, 0) is 24.6 Å². The van der Waals surface area contributed by atoms with Crippen molar-refractivity contribution >= 4 is 11.9 Å². The molecule has 0 aromatic heterocycles. The smallest absolute Gasteiger partial charge is 0.329 e. The first-order chi connectivity index (χ1) is 10.6. The Hall–Kier alpha value is -3.04.